The van der Waals surface area contributed by atoms with E-state index in [1.54, 1.807) is 11.3 Å². The quantitative estimate of drug-likeness (QED) is 0.488. The Morgan fingerprint density at radius 3 is 2.93 bits per heavy atom. The number of nitrogens with two attached hydrogens (primary N) is 1. The van der Waals surface area contributed by atoms with Gasteiger partial charge in [-0.3, -0.25) is 4.79 Å². The lowest BCUT2D eigenvalue weighted by Gasteiger charge is -2.07. The van der Waals surface area contributed by atoms with Crippen LogP contribution in [0.5, 0.6) is 11.5 Å². The van der Waals surface area contributed by atoms with Gasteiger partial charge in [-0.25, -0.2) is 9.97 Å². The number of carbonyl (C=O) groups is 1. The molecule has 1 aliphatic heterocycles. The molecule has 3 aromatic rings. The molecule has 0 bridgehead atoms. The van der Waals surface area contributed by atoms with Crippen molar-refractivity contribution >= 4 is 33.3 Å². The Balaban J connectivity index is 1.22. The summed E-state index contributed by atoms with van der Waals surface area (Å²) in [5, 5.41) is 0.995. The first-order chi connectivity index (χ1) is 14.7. The molecule has 8 heteroatoms. The maximum Gasteiger partial charge on any atom is 0.306 e. The molecule has 0 saturated carbocycles. The highest BCUT2D eigenvalue weighted by Gasteiger charge is 2.20. The van der Waals surface area contributed by atoms with Gasteiger partial charge < -0.3 is 19.9 Å². The van der Waals surface area contributed by atoms with E-state index in [1.807, 2.05) is 18.2 Å². The molecule has 0 saturated heterocycles. The standard InChI is InChI=1S/C22H23N3O4S/c23-21-20-14-4-2-1-3-5-17(14)30-22(20)25-18(24-21)11-27-19(26)9-7-13-6-8-15-16(10-13)29-12-28-15/h6,8,10H,1-5,7,9,11-12H2,(H2,23,24,25). The monoisotopic (exact) mass is 425 g/mol. The predicted molar refractivity (Wildman–Crippen MR) is 114 cm³/mol. The minimum absolute atomic E-state index is 0.0304. The molecule has 0 spiro atoms. The second-order valence-electron chi connectivity index (χ2n) is 7.62. The molecule has 3 heterocycles. The fraction of sp³-hybridized carbons (Fsp3) is 0.409. The van der Waals surface area contributed by atoms with Crippen molar-refractivity contribution in [3.05, 3.63) is 40.0 Å². The van der Waals surface area contributed by atoms with Gasteiger partial charge in [0.2, 0.25) is 6.79 Å². The van der Waals surface area contributed by atoms with Crippen molar-refractivity contribution in [1.29, 1.82) is 0 Å². The normalized spacial score (nSPS) is 15.1. The molecule has 0 radical (unpaired) electrons. The molecule has 156 valence electrons. The molecular formula is C22H23N3O4S. The van der Waals surface area contributed by atoms with Crippen LogP contribution in [0.3, 0.4) is 0 Å². The highest BCUT2D eigenvalue weighted by atomic mass is 32.1. The number of hydrogen-bond acceptors (Lipinski definition) is 8. The third kappa shape index (κ3) is 3.79. The first kappa shape index (κ1) is 19.1. The molecule has 2 N–H and O–H groups in total. The number of aryl methyl sites for hydroxylation is 3. The average molecular weight is 426 g/mol. The van der Waals surface area contributed by atoms with Gasteiger partial charge in [0.25, 0.3) is 0 Å². The number of nitrogens with zero attached hydrogens (tertiary/aromatic N) is 2. The summed E-state index contributed by atoms with van der Waals surface area (Å²) in [4.78, 5) is 23.5. The van der Waals surface area contributed by atoms with Crippen molar-refractivity contribution in [1.82, 2.24) is 9.97 Å². The molecule has 0 fully saturated rings. The number of nitrogen functional groups attached to an aromatic ring is 1. The van der Waals surface area contributed by atoms with Crippen molar-refractivity contribution in [3.8, 4) is 11.5 Å². The number of fused-ring (bicyclic) bond motifs is 4. The Hall–Kier alpha value is -2.87. The van der Waals surface area contributed by atoms with E-state index in [0.29, 0.717) is 23.8 Å². The predicted octanol–water partition coefficient (Wildman–Crippen LogP) is 3.95. The summed E-state index contributed by atoms with van der Waals surface area (Å²) in [6.45, 7) is 0.268. The fourth-order valence-electron chi connectivity index (χ4n) is 4.03. The molecule has 2 aliphatic rings. The lowest BCUT2D eigenvalue weighted by atomic mass is 10.1. The molecule has 0 atom stereocenters. The Morgan fingerprint density at radius 2 is 2.00 bits per heavy atom. The van der Waals surface area contributed by atoms with Gasteiger partial charge >= 0.3 is 5.97 Å². The Bertz CT molecular complexity index is 1110. The molecule has 7 nitrogen and oxygen atoms in total. The van der Waals surface area contributed by atoms with Crippen LogP contribution in [0.4, 0.5) is 5.82 Å². The minimum Gasteiger partial charge on any atom is -0.457 e. The van der Waals surface area contributed by atoms with E-state index >= 15 is 0 Å². The van der Waals surface area contributed by atoms with E-state index < -0.39 is 0 Å². The molecule has 30 heavy (non-hydrogen) atoms. The number of benzene rings is 1. The Kier molecular flexibility index (Phi) is 5.16. The first-order valence-corrected chi connectivity index (χ1v) is 11.1. The van der Waals surface area contributed by atoms with Crippen LogP contribution in [0.1, 0.15) is 47.5 Å². The molecule has 1 aliphatic carbocycles. The van der Waals surface area contributed by atoms with Gasteiger partial charge in [0.15, 0.2) is 23.9 Å². The van der Waals surface area contributed by atoms with Crippen LogP contribution in [-0.4, -0.2) is 22.7 Å². The third-order valence-electron chi connectivity index (χ3n) is 5.56. The van der Waals surface area contributed by atoms with Crippen molar-refractivity contribution in [2.24, 2.45) is 0 Å². The number of hydrogen-bond donors (Lipinski definition) is 1. The lowest BCUT2D eigenvalue weighted by molar-refractivity contribution is -0.145. The number of anilines is 1. The van der Waals surface area contributed by atoms with Crippen molar-refractivity contribution in [2.45, 2.75) is 51.6 Å². The average Bonchev–Trinajstić information content (AvgIpc) is 3.28. The van der Waals surface area contributed by atoms with Crippen LogP contribution in [0.15, 0.2) is 18.2 Å². The van der Waals surface area contributed by atoms with Gasteiger partial charge in [0, 0.05) is 11.3 Å². The van der Waals surface area contributed by atoms with E-state index in [2.05, 4.69) is 9.97 Å². The summed E-state index contributed by atoms with van der Waals surface area (Å²) in [7, 11) is 0. The summed E-state index contributed by atoms with van der Waals surface area (Å²) in [5.41, 5.74) is 8.57. The smallest absolute Gasteiger partial charge is 0.306 e. The summed E-state index contributed by atoms with van der Waals surface area (Å²) in [6.07, 6.45) is 6.60. The highest BCUT2D eigenvalue weighted by Crippen LogP contribution is 2.37. The molecule has 0 amide bonds. The zero-order valence-corrected chi connectivity index (χ0v) is 17.4. The number of aromatic nitrogens is 2. The topological polar surface area (TPSA) is 96.6 Å². The number of rotatable bonds is 5. The van der Waals surface area contributed by atoms with Gasteiger partial charge in [-0.2, -0.15) is 0 Å². The second-order valence-corrected chi connectivity index (χ2v) is 8.70. The van der Waals surface area contributed by atoms with Gasteiger partial charge in [-0.15, -0.1) is 11.3 Å². The van der Waals surface area contributed by atoms with Crippen LogP contribution in [0, 0.1) is 0 Å². The third-order valence-corrected chi connectivity index (χ3v) is 6.74. The van der Waals surface area contributed by atoms with Gasteiger partial charge in [0.05, 0.1) is 5.39 Å². The highest BCUT2D eigenvalue weighted by molar-refractivity contribution is 7.19. The summed E-state index contributed by atoms with van der Waals surface area (Å²) >= 11 is 1.70. The number of esters is 1. The van der Waals surface area contributed by atoms with Crippen LogP contribution in [0.2, 0.25) is 0 Å². The Labute approximate surface area is 178 Å². The van der Waals surface area contributed by atoms with Crippen LogP contribution in [0.25, 0.3) is 10.2 Å². The number of thiophene rings is 1. The van der Waals surface area contributed by atoms with Gasteiger partial charge in [0.1, 0.15) is 10.6 Å². The molecule has 0 unspecified atom stereocenters. The van der Waals surface area contributed by atoms with Crippen LogP contribution in [-0.2, 0) is 35.4 Å². The fourth-order valence-corrected chi connectivity index (χ4v) is 5.32. The van der Waals surface area contributed by atoms with E-state index in [4.69, 9.17) is 19.9 Å². The zero-order chi connectivity index (χ0) is 20.5. The van der Waals surface area contributed by atoms with Crippen LogP contribution < -0.4 is 15.2 Å². The van der Waals surface area contributed by atoms with Crippen molar-refractivity contribution in [2.75, 3.05) is 12.5 Å². The minimum atomic E-state index is -0.295. The molecule has 2 aromatic heterocycles. The Morgan fingerprint density at radius 1 is 1.13 bits per heavy atom. The first-order valence-electron chi connectivity index (χ1n) is 10.3. The lowest BCUT2D eigenvalue weighted by Crippen LogP contribution is -2.09. The molecular weight excluding hydrogens is 402 g/mol. The number of ether oxygens (including phenoxy) is 3. The zero-order valence-electron chi connectivity index (χ0n) is 16.6. The molecule has 1 aromatic carbocycles. The van der Waals surface area contributed by atoms with E-state index in [0.717, 1.165) is 34.4 Å². The van der Waals surface area contributed by atoms with Gasteiger partial charge in [-0.1, -0.05) is 12.5 Å². The van der Waals surface area contributed by atoms with Crippen LogP contribution >= 0.6 is 11.3 Å². The second kappa shape index (κ2) is 8.10. The SMILES string of the molecule is Nc1nc(COC(=O)CCc2ccc3c(c2)OCO3)nc2sc3c(c12)CCCCC3. The summed E-state index contributed by atoms with van der Waals surface area (Å²) in [6, 6.07) is 5.69. The van der Waals surface area contributed by atoms with Crippen molar-refractivity contribution < 1.29 is 19.0 Å². The maximum absolute atomic E-state index is 12.2. The van der Waals surface area contributed by atoms with E-state index in [1.165, 1.54) is 29.7 Å². The maximum atomic E-state index is 12.2. The largest absolute Gasteiger partial charge is 0.457 e. The number of carbonyl (C=O) groups excluding carboxylic acids is 1. The summed E-state index contributed by atoms with van der Waals surface area (Å²) < 4.78 is 16.1. The summed E-state index contributed by atoms with van der Waals surface area (Å²) in [5.74, 6) is 2.10. The van der Waals surface area contributed by atoms with E-state index in [9.17, 15) is 4.79 Å². The van der Waals surface area contributed by atoms with Crippen molar-refractivity contribution in [3.63, 3.8) is 0 Å². The van der Waals surface area contributed by atoms with E-state index in [-0.39, 0.29) is 25.8 Å². The molecule has 5 rings (SSSR count). The van der Waals surface area contributed by atoms with Gasteiger partial charge in [-0.05, 0) is 55.4 Å².